The van der Waals surface area contributed by atoms with Gasteiger partial charge in [-0.15, -0.1) is 0 Å². The van der Waals surface area contributed by atoms with Crippen LogP contribution in [0.1, 0.15) is 80.6 Å². The van der Waals surface area contributed by atoms with Crippen molar-refractivity contribution in [2.24, 2.45) is 10.8 Å². The molecule has 0 amide bonds. The van der Waals surface area contributed by atoms with E-state index in [1.165, 1.54) is 48.5 Å². The summed E-state index contributed by atoms with van der Waals surface area (Å²) in [5, 5.41) is 19.6. The van der Waals surface area contributed by atoms with Crippen LogP contribution in [-0.4, -0.2) is 24.9 Å². The maximum Gasteiger partial charge on any atom is 0.193 e. The van der Waals surface area contributed by atoms with Gasteiger partial charge in [-0.25, -0.2) is 13.0 Å². The van der Waals surface area contributed by atoms with E-state index in [2.05, 4.69) is 20.8 Å². The maximum atomic E-state index is 14.9. The van der Waals surface area contributed by atoms with Crippen LogP contribution >= 0.6 is 0 Å². The summed E-state index contributed by atoms with van der Waals surface area (Å²) in [5.41, 5.74) is 1.03. The van der Waals surface area contributed by atoms with Crippen molar-refractivity contribution in [3.05, 3.63) is 137 Å². The third-order valence-corrected chi connectivity index (χ3v) is 11.4. The van der Waals surface area contributed by atoms with Gasteiger partial charge < -0.3 is 13.8 Å². The van der Waals surface area contributed by atoms with Gasteiger partial charge in [-0.05, 0) is 101 Å². The SMILES string of the molecule is CC(C)(C)CCc1cc(C(=O)c2cc(-c3cccc(F)c3C#N)ccc2-c2cccc(F)c2C#N)ccc1Oc1ccc(S(=O)(O)(O)CC(C)(C)C)cc1. The molecule has 0 aliphatic rings. The van der Waals surface area contributed by atoms with Gasteiger partial charge in [0.2, 0.25) is 0 Å². The van der Waals surface area contributed by atoms with Crippen LogP contribution in [0.4, 0.5) is 8.78 Å². The van der Waals surface area contributed by atoms with Crippen LogP contribution in [0, 0.1) is 45.1 Å². The molecule has 0 radical (unpaired) electrons. The number of halogens is 2. The molecular weight excluding hydrogens is 707 g/mol. The summed E-state index contributed by atoms with van der Waals surface area (Å²) >= 11 is 0. The molecule has 278 valence electrons. The minimum absolute atomic E-state index is 0.0837. The second-order valence-electron chi connectivity index (χ2n) is 15.8. The minimum atomic E-state index is -5.12. The van der Waals surface area contributed by atoms with Crippen LogP contribution in [0.2, 0.25) is 0 Å². The van der Waals surface area contributed by atoms with E-state index >= 15 is 0 Å². The van der Waals surface area contributed by atoms with Crippen LogP contribution < -0.4 is 4.74 Å². The van der Waals surface area contributed by atoms with Gasteiger partial charge in [0.1, 0.15) is 44.9 Å². The summed E-state index contributed by atoms with van der Waals surface area (Å²) < 4.78 is 70.5. The molecule has 54 heavy (non-hydrogen) atoms. The Morgan fingerprint density at radius 3 is 1.91 bits per heavy atom. The van der Waals surface area contributed by atoms with Crippen molar-refractivity contribution in [1.29, 1.82) is 10.5 Å². The second kappa shape index (κ2) is 14.7. The number of benzene rings is 5. The van der Waals surface area contributed by atoms with Crippen LogP contribution in [0.15, 0.2) is 102 Å². The highest BCUT2D eigenvalue weighted by Gasteiger charge is 2.37. The lowest BCUT2D eigenvalue weighted by Gasteiger charge is -2.36. The van der Waals surface area contributed by atoms with Crippen molar-refractivity contribution in [3.8, 4) is 45.9 Å². The zero-order valence-corrected chi connectivity index (χ0v) is 31.9. The highest BCUT2D eigenvalue weighted by atomic mass is 32.3. The van der Waals surface area contributed by atoms with Gasteiger partial charge >= 0.3 is 0 Å². The topological polar surface area (TPSA) is 131 Å². The molecule has 0 spiro atoms. The fourth-order valence-corrected chi connectivity index (χ4v) is 8.74. The minimum Gasteiger partial charge on any atom is -0.457 e. The molecule has 0 aliphatic carbocycles. The Kier molecular flexibility index (Phi) is 10.8. The molecule has 7 nitrogen and oxygen atoms in total. The first-order chi connectivity index (χ1) is 25.2. The average molecular weight is 749 g/mol. The maximum absolute atomic E-state index is 14.9. The Morgan fingerprint density at radius 1 is 0.741 bits per heavy atom. The molecule has 0 aliphatic heterocycles. The summed E-state index contributed by atoms with van der Waals surface area (Å²) in [7, 11) is -5.12. The Bertz CT molecular complexity index is 2410. The van der Waals surface area contributed by atoms with E-state index in [4.69, 9.17) is 4.74 Å². The number of aryl methyl sites for hydroxylation is 1. The molecular formula is C44H42F2N2O5S. The van der Waals surface area contributed by atoms with Gasteiger partial charge in [-0.1, -0.05) is 77.9 Å². The first kappa shape index (κ1) is 39.7. The van der Waals surface area contributed by atoms with Gasteiger partial charge in [0.05, 0.1) is 21.8 Å². The summed E-state index contributed by atoms with van der Waals surface area (Å²) in [6.45, 7) is 11.5. The quantitative estimate of drug-likeness (QED) is 0.136. The summed E-state index contributed by atoms with van der Waals surface area (Å²) in [5.74, 6) is -1.51. The predicted octanol–water partition coefficient (Wildman–Crippen LogP) is 11.2. The molecule has 5 aromatic carbocycles. The number of carbonyl (C=O) groups is 1. The van der Waals surface area contributed by atoms with Crippen LogP contribution in [0.5, 0.6) is 11.5 Å². The summed E-state index contributed by atoms with van der Waals surface area (Å²) in [4.78, 5) is 14.5. The van der Waals surface area contributed by atoms with Crippen LogP contribution in [0.3, 0.4) is 0 Å². The van der Waals surface area contributed by atoms with Gasteiger partial charge in [0.15, 0.2) is 5.78 Å². The van der Waals surface area contributed by atoms with E-state index in [1.54, 1.807) is 63.2 Å². The molecule has 10 heteroatoms. The number of hydrogen-bond donors (Lipinski definition) is 2. The molecule has 2 N–H and O–H groups in total. The van der Waals surface area contributed by atoms with Crippen molar-refractivity contribution in [2.45, 2.75) is 59.3 Å². The number of nitriles is 2. The molecule has 0 heterocycles. The number of hydrogen-bond acceptors (Lipinski definition) is 5. The molecule has 0 unspecified atom stereocenters. The second-order valence-corrected chi connectivity index (χ2v) is 18.6. The zero-order chi connectivity index (χ0) is 39.7. The standard InChI is InChI=1S/C44H42F2N2O5S/c1-43(2,3)22-21-29-23-30(14-20-41(29)53-31-15-17-32(18-16-31)54(50,51,52)27-44(4,5)6)42(49)36-24-28(33-9-7-11-39(45)37(33)25-47)13-19-35(36)34-10-8-12-40(46)38(34)26-48/h7-20,23-24H,21-22,27H2,1-6H3,(H2,50,51,52). The van der Waals surface area contributed by atoms with E-state index in [9.17, 15) is 37.4 Å². The third-order valence-electron chi connectivity index (χ3n) is 8.80. The lowest BCUT2D eigenvalue weighted by Crippen LogP contribution is -2.41. The smallest absolute Gasteiger partial charge is 0.193 e. The molecule has 0 aromatic heterocycles. The lowest BCUT2D eigenvalue weighted by molar-refractivity contribution is 0.103. The first-order valence-electron chi connectivity index (χ1n) is 17.3. The fraction of sp³-hybridized carbons (Fsp3) is 0.250. The molecule has 0 saturated carbocycles. The van der Waals surface area contributed by atoms with E-state index < -0.39 is 32.5 Å². The largest absolute Gasteiger partial charge is 0.457 e. The van der Waals surface area contributed by atoms with E-state index in [0.717, 1.165) is 12.5 Å². The molecule has 0 bridgehead atoms. The molecule has 0 atom stereocenters. The normalized spacial score (nSPS) is 12.6. The monoisotopic (exact) mass is 748 g/mol. The van der Waals surface area contributed by atoms with Crippen LogP contribution in [0.25, 0.3) is 22.3 Å². The number of ketones is 1. The molecule has 5 rings (SSSR count). The van der Waals surface area contributed by atoms with Gasteiger partial charge in [-0.3, -0.25) is 4.79 Å². The van der Waals surface area contributed by atoms with Gasteiger partial charge in [-0.2, -0.15) is 10.5 Å². The Labute approximate surface area is 314 Å². The predicted molar refractivity (Wildman–Crippen MR) is 207 cm³/mol. The van der Waals surface area contributed by atoms with Crippen LogP contribution in [-0.2, 0) is 16.0 Å². The van der Waals surface area contributed by atoms with Crippen molar-refractivity contribution >= 4 is 15.4 Å². The van der Waals surface area contributed by atoms with Gasteiger partial charge in [0, 0.05) is 22.3 Å². The van der Waals surface area contributed by atoms with E-state index in [1.807, 2.05) is 12.1 Å². The summed E-state index contributed by atoms with van der Waals surface area (Å²) in [6.07, 6.45) is 1.23. The highest BCUT2D eigenvalue weighted by Crippen LogP contribution is 2.39. The molecule has 5 aromatic rings. The Balaban J connectivity index is 1.61. The first-order valence-corrected chi connectivity index (χ1v) is 19.4. The average Bonchev–Trinajstić information content (AvgIpc) is 3.09. The number of nitrogens with zero attached hydrogens (tertiary/aromatic N) is 2. The Hall–Kier alpha value is -5.52. The van der Waals surface area contributed by atoms with Crippen molar-refractivity contribution in [1.82, 2.24) is 0 Å². The molecule has 0 fully saturated rings. The van der Waals surface area contributed by atoms with Gasteiger partial charge in [0.25, 0.3) is 0 Å². The van der Waals surface area contributed by atoms with E-state index in [0.29, 0.717) is 29.0 Å². The number of ether oxygens (including phenoxy) is 1. The highest BCUT2D eigenvalue weighted by molar-refractivity contribution is 8.10. The molecule has 0 saturated heterocycles. The van der Waals surface area contributed by atoms with Crippen molar-refractivity contribution < 1.29 is 31.6 Å². The van der Waals surface area contributed by atoms with Crippen molar-refractivity contribution in [2.75, 3.05) is 5.75 Å². The third kappa shape index (κ3) is 8.98. The zero-order valence-electron chi connectivity index (χ0n) is 31.0. The van der Waals surface area contributed by atoms with Crippen molar-refractivity contribution in [3.63, 3.8) is 0 Å². The van der Waals surface area contributed by atoms with E-state index in [-0.39, 0.29) is 55.0 Å². The summed E-state index contributed by atoms with van der Waals surface area (Å²) in [6, 6.07) is 27.5. The fourth-order valence-electron chi connectivity index (χ4n) is 6.33. The Morgan fingerprint density at radius 2 is 1.33 bits per heavy atom. The number of rotatable bonds is 10. The lowest BCUT2D eigenvalue weighted by atomic mass is 9.86. The number of carbonyl (C=O) groups excluding carboxylic acids is 1.